The SMILES string of the molecule is O=CC1=CC2OC=CSC2N=N1. The molecule has 2 atom stereocenters. The van der Waals surface area contributed by atoms with Crippen LogP contribution < -0.4 is 0 Å². The Bertz CT molecular complexity index is 285. The van der Waals surface area contributed by atoms with Gasteiger partial charge < -0.3 is 4.74 Å². The maximum absolute atomic E-state index is 10.3. The van der Waals surface area contributed by atoms with Gasteiger partial charge in [0, 0.05) is 5.41 Å². The Balaban J connectivity index is 2.21. The van der Waals surface area contributed by atoms with Crippen LogP contribution in [0.2, 0.25) is 0 Å². The Kier molecular flexibility index (Phi) is 1.95. The standard InChI is InChI=1S/C7H6N2O2S/c10-4-5-3-6-7(9-8-5)12-2-1-11-6/h1-4,6-7H. The second-order valence-corrected chi connectivity index (χ2v) is 3.35. The van der Waals surface area contributed by atoms with Gasteiger partial charge in [0.1, 0.15) is 5.70 Å². The molecule has 2 aliphatic rings. The van der Waals surface area contributed by atoms with Crippen LogP contribution in [0, 0.1) is 0 Å². The molecule has 0 radical (unpaired) electrons. The fraction of sp³-hybridized carbons (Fsp3) is 0.286. The highest BCUT2D eigenvalue weighted by molar-refractivity contribution is 8.02. The number of carbonyl (C=O) groups excluding carboxylic acids is 1. The third-order valence-electron chi connectivity index (χ3n) is 1.53. The average Bonchev–Trinajstić information content (AvgIpc) is 2.17. The fourth-order valence-corrected chi connectivity index (χ4v) is 1.67. The minimum Gasteiger partial charge on any atom is -0.490 e. The Labute approximate surface area is 73.4 Å². The Morgan fingerprint density at radius 1 is 1.67 bits per heavy atom. The van der Waals surface area contributed by atoms with E-state index in [0.29, 0.717) is 12.0 Å². The summed E-state index contributed by atoms with van der Waals surface area (Å²) in [5.74, 6) is 0. The lowest BCUT2D eigenvalue weighted by atomic mass is 10.2. The first-order valence-electron chi connectivity index (χ1n) is 3.44. The van der Waals surface area contributed by atoms with Gasteiger partial charge in [-0.2, -0.15) is 10.2 Å². The monoisotopic (exact) mass is 182 g/mol. The smallest absolute Gasteiger partial charge is 0.170 e. The molecule has 62 valence electrons. The van der Waals surface area contributed by atoms with E-state index < -0.39 is 0 Å². The van der Waals surface area contributed by atoms with Crippen LogP contribution in [-0.2, 0) is 9.53 Å². The van der Waals surface area contributed by atoms with Gasteiger partial charge in [-0.05, 0) is 6.08 Å². The summed E-state index contributed by atoms with van der Waals surface area (Å²) in [6, 6.07) is 0. The quantitative estimate of drug-likeness (QED) is 0.577. The molecule has 4 nitrogen and oxygen atoms in total. The van der Waals surface area contributed by atoms with Gasteiger partial charge in [-0.15, -0.1) is 0 Å². The van der Waals surface area contributed by atoms with E-state index >= 15 is 0 Å². The molecular weight excluding hydrogens is 176 g/mol. The van der Waals surface area contributed by atoms with Crippen molar-refractivity contribution in [3.05, 3.63) is 23.4 Å². The van der Waals surface area contributed by atoms with Crippen molar-refractivity contribution in [1.29, 1.82) is 0 Å². The van der Waals surface area contributed by atoms with E-state index in [2.05, 4.69) is 10.2 Å². The molecule has 2 heterocycles. The Hall–Kier alpha value is -1.10. The summed E-state index contributed by atoms with van der Waals surface area (Å²) in [6.07, 6.45) is 3.82. The van der Waals surface area contributed by atoms with Gasteiger partial charge in [-0.1, -0.05) is 11.8 Å². The summed E-state index contributed by atoms with van der Waals surface area (Å²) in [6.45, 7) is 0. The second-order valence-electron chi connectivity index (χ2n) is 2.32. The predicted molar refractivity (Wildman–Crippen MR) is 44.4 cm³/mol. The largest absolute Gasteiger partial charge is 0.490 e. The topological polar surface area (TPSA) is 51.0 Å². The molecule has 0 aromatic rings. The lowest BCUT2D eigenvalue weighted by Crippen LogP contribution is -2.25. The van der Waals surface area contributed by atoms with E-state index in [9.17, 15) is 4.79 Å². The molecule has 0 spiro atoms. The number of hydrogen-bond acceptors (Lipinski definition) is 5. The maximum atomic E-state index is 10.3. The normalized spacial score (nSPS) is 31.8. The Morgan fingerprint density at radius 2 is 2.58 bits per heavy atom. The van der Waals surface area contributed by atoms with Crippen molar-refractivity contribution in [2.24, 2.45) is 10.2 Å². The molecule has 0 fully saturated rings. The van der Waals surface area contributed by atoms with Crippen LogP contribution in [0.25, 0.3) is 0 Å². The van der Waals surface area contributed by atoms with Crippen molar-refractivity contribution in [1.82, 2.24) is 0 Å². The van der Waals surface area contributed by atoms with Crippen molar-refractivity contribution in [3.63, 3.8) is 0 Å². The molecule has 5 heteroatoms. The van der Waals surface area contributed by atoms with E-state index in [1.165, 1.54) is 11.8 Å². The van der Waals surface area contributed by atoms with Crippen molar-refractivity contribution in [2.75, 3.05) is 0 Å². The number of thioether (sulfide) groups is 1. The summed E-state index contributed by atoms with van der Waals surface area (Å²) in [7, 11) is 0. The van der Waals surface area contributed by atoms with E-state index in [1.54, 1.807) is 12.3 Å². The lowest BCUT2D eigenvalue weighted by Gasteiger charge is -2.23. The highest BCUT2D eigenvalue weighted by Gasteiger charge is 2.26. The first kappa shape index (κ1) is 7.54. The zero-order chi connectivity index (χ0) is 8.39. The van der Waals surface area contributed by atoms with Crippen LogP contribution in [0.4, 0.5) is 0 Å². The van der Waals surface area contributed by atoms with Crippen molar-refractivity contribution >= 4 is 18.0 Å². The number of aldehydes is 1. The molecule has 0 bridgehead atoms. The number of carbonyl (C=O) groups is 1. The van der Waals surface area contributed by atoms with Crippen molar-refractivity contribution in [2.45, 2.75) is 11.5 Å². The highest BCUT2D eigenvalue weighted by Crippen LogP contribution is 2.29. The number of ether oxygens (including phenoxy) is 1. The summed E-state index contributed by atoms with van der Waals surface area (Å²) < 4.78 is 5.22. The van der Waals surface area contributed by atoms with Crippen LogP contribution in [-0.4, -0.2) is 17.8 Å². The van der Waals surface area contributed by atoms with Gasteiger partial charge in [0.05, 0.1) is 6.26 Å². The number of allylic oxidation sites excluding steroid dienone is 1. The minimum absolute atomic E-state index is 0.0290. The van der Waals surface area contributed by atoms with Gasteiger partial charge in [-0.25, -0.2) is 0 Å². The van der Waals surface area contributed by atoms with Crippen LogP contribution in [0.15, 0.2) is 33.7 Å². The molecule has 0 aromatic carbocycles. The molecule has 0 aromatic heterocycles. The van der Waals surface area contributed by atoms with E-state index in [1.807, 2.05) is 5.41 Å². The average molecular weight is 182 g/mol. The minimum atomic E-state index is -0.141. The number of rotatable bonds is 1. The highest BCUT2D eigenvalue weighted by atomic mass is 32.2. The number of azo groups is 1. The number of fused-ring (bicyclic) bond motifs is 1. The fourth-order valence-electron chi connectivity index (χ4n) is 0.983. The summed E-state index contributed by atoms with van der Waals surface area (Å²) >= 11 is 1.53. The van der Waals surface area contributed by atoms with Gasteiger partial charge in [0.25, 0.3) is 0 Å². The first-order valence-corrected chi connectivity index (χ1v) is 4.38. The van der Waals surface area contributed by atoms with E-state index in [-0.39, 0.29) is 11.5 Å². The molecule has 0 aliphatic carbocycles. The first-order chi connectivity index (χ1) is 5.90. The van der Waals surface area contributed by atoms with E-state index in [4.69, 9.17) is 4.74 Å². The van der Waals surface area contributed by atoms with Gasteiger partial charge in [0.15, 0.2) is 17.8 Å². The van der Waals surface area contributed by atoms with Gasteiger partial charge in [-0.3, -0.25) is 4.79 Å². The number of hydrogen-bond donors (Lipinski definition) is 0. The molecule has 2 rings (SSSR count). The number of nitrogens with zero attached hydrogens (tertiary/aromatic N) is 2. The predicted octanol–water partition coefficient (Wildman–Crippen LogP) is 1.46. The molecule has 0 saturated carbocycles. The van der Waals surface area contributed by atoms with Crippen LogP contribution in [0.1, 0.15) is 0 Å². The van der Waals surface area contributed by atoms with E-state index in [0.717, 1.165) is 0 Å². The van der Waals surface area contributed by atoms with Crippen molar-refractivity contribution in [3.8, 4) is 0 Å². The molecule has 12 heavy (non-hydrogen) atoms. The Morgan fingerprint density at radius 3 is 3.42 bits per heavy atom. The van der Waals surface area contributed by atoms with Crippen molar-refractivity contribution < 1.29 is 9.53 Å². The second kappa shape index (κ2) is 3.10. The molecule has 2 aliphatic heterocycles. The summed E-state index contributed by atoms with van der Waals surface area (Å²) in [4.78, 5) is 10.3. The summed E-state index contributed by atoms with van der Waals surface area (Å²) in [5.41, 5.74) is 0.340. The third kappa shape index (κ3) is 1.27. The molecule has 0 saturated heterocycles. The third-order valence-corrected chi connectivity index (χ3v) is 2.44. The zero-order valence-corrected chi connectivity index (χ0v) is 6.90. The molecule has 0 amide bonds. The molecule has 2 unspecified atom stereocenters. The van der Waals surface area contributed by atoms with Crippen LogP contribution in [0.5, 0.6) is 0 Å². The zero-order valence-electron chi connectivity index (χ0n) is 6.08. The van der Waals surface area contributed by atoms with Crippen LogP contribution >= 0.6 is 11.8 Å². The molecule has 0 N–H and O–H groups in total. The van der Waals surface area contributed by atoms with Gasteiger partial charge in [0.2, 0.25) is 0 Å². The molecular formula is C7H6N2O2S. The van der Waals surface area contributed by atoms with Crippen LogP contribution in [0.3, 0.4) is 0 Å². The van der Waals surface area contributed by atoms with Gasteiger partial charge >= 0.3 is 0 Å². The lowest BCUT2D eigenvalue weighted by molar-refractivity contribution is -0.105. The summed E-state index contributed by atoms with van der Waals surface area (Å²) in [5, 5.41) is 9.42. The maximum Gasteiger partial charge on any atom is 0.170 e.